The number of halogens is 3. The van der Waals surface area contributed by atoms with Gasteiger partial charge in [0, 0.05) is 17.7 Å². The molecule has 5 rings (SSSR count). The first-order chi connectivity index (χ1) is 15.0. The van der Waals surface area contributed by atoms with E-state index in [9.17, 15) is 18.0 Å². The first kappa shape index (κ1) is 21.0. The van der Waals surface area contributed by atoms with Crippen LogP contribution in [0.5, 0.6) is 0 Å². The van der Waals surface area contributed by atoms with Gasteiger partial charge in [-0.15, -0.1) is 0 Å². The second-order valence-electron chi connectivity index (χ2n) is 9.78. The fourth-order valence-corrected chi connectivity index (χ4v) is 5.58. The largest absolute Gasteiger partial charge is 0.389 e. The van der Waals surface area contributed by atoms with E-state index in [-0.39, 0.29) is 12.2 Å². The van der Waals surface area contributed by atoms with Crippen LogP contribution in [0.1, 0.15) is 56.7 Å². The average molecular weight is 441 g/mol. The van der Waals surface area contributed by atoms with Gasteiger partial charge in [-0.25, -0.2) is 4.98 Å². The molecule has 1 atom stereocenters. The molecule has 0 saturated heterocycles. The zero-order chi connectivity index (χ0) is 22.9. The van der Waals surface area contributed by atoms with Gasteiger partial charge in [0.25, 0.3) is 0 Å². The molecule has 1 aliphatic heterocycles. The van der Waals surface area contributed by atoms with Crippen molar-refractivity contribution in [2.45, 2.75) is 70.0 Å². The van der Waals surface area contributed by atoms with Crippen molar-refractivity contribution >= 4 is 17.0 Å². The Morgan fingerprint density at radius 3 is 2.66 bits per heavy atom. The van der Waals surface area contributed by atoms with Gasteiger partial charge in [-0.3, -0.25) is 9.20 Å². The van der Waals surface area contributed by atoms with Gasteiger partial charge in [0.2, 0.25) is 0 Å². The molecule has 0 fully saturated rings. The number of rotatable bonds is 3. The molecule has 0 radical (unpaired) electrons. The first-order valence-corrected chi connectivity index (χ1v) is 11.0. The van der Waals surface area contributed by atoms with E-state index in [4.69, 9.17) is 0 Å². The van der Waals surface area contributed by atoms with Gasteiger partial charge in [-0.05, 0) is 81.3 Å². The molecule has 1 aromatic carbocycles. The molecule has 2 aliphatic rings. The van der Waals surface area contributed by atoms with Crippen LogP contribution in [0.4, 0.5) is 18.9 Å². The van der Waals surface area contributed by atoms with Crippen LogP contribution >= 0.6 is 0 Å². The van der Waals surface area contributed by atoms with Gasteiger partial charge < -0.3 is 5.32 Å². The quantitative estimate of drug-likeness (QED) is 0.554. The average Bonchev–Trinajstić information content (AvgIpc) is 3.39. The summed E-state index contributed by atoms with van der Waals surface area (Å²) in [7, 11) is 0. The van der Waals surface area contributed by atoms with Crippen molar-refractivity contribution in [2.24, 2.45) is 0 Å². The second-order valence-corrected chi connectivity index (χ2v) is 9.78. The summed E-state index contributed by atoms with van der Waals surface area (Å²) < 4.78 is 41.7. The Kier molecular flexibility index (Phi) is 4.49. The number of aromatic nitrogens is 2. The summed E-state index contributed by atoms with van der Waals surface area (Å²) in [5, 5.41) is 3.40. The van der Waals surface area contributed by atoms with Gasteiger partial charge in [0.15, 0.2) is 5.78 Å². The van der Waals surface area contributed by atoms with Gasteiger partial charge in [0.05, 0.1) is 34.7 Å². The number of carbonyl (C=O) groups excluding carboxylic acids is 1. The number of pyridine rings is 1. The molecule has 2 aromatic heterocycles. The third-order valence-electron chi connectivity index (χ3n) is 7.14. The maximum atomic E-state index is 13.5. The molecule has 0 saturated carbocycles. The highest BCUT2D eigenvalue weighted by Crippen LogP contribution is 2.50. The number of fused-ring (bicyclic) bond motifs is 4. The topological polar surface area (TPSA) is 46.4 Å². The molecule has 1 N–H and O–H groups in total. The minimum absolute atomic E-state index is 0.202. The number of hydrogen-bond acceptors (Lipinski definition) is 3. The van der Waals surface area contributed by atoms with Crippen molar-refractivity contribution in [1.82, 2.24) is 9.38 Å². The van der Waals surface area contributed by atoms with E-state index in [0.29, 0.717) is 5.56 Å². The molecule has 32 heavy (non-hydrogen) atoms. The van der Waals surface area contributed by atoms with E-state index in [2.05, 4.69) is 10.3 Å². The third-order valence-corrected chi connectivity index (χ3v) is 7.14. The number of nitrogens with zero attached hydrogens (tertiary/aromatic N) is 2. The lowest BCUT2D eigenvalue weighted by Crippen LogP contribution is -2.55. The summed E-state index contributed by atoms with van der Waals surface area (Å²) in [6, 6.07) is 7.90. The Bertz CT molecular complexity index is 1240. The van der Waals surface area contributed by atoms with Crippen LogP contribution in [0.25, 0.3) is 16.8 Å². The van der Waals surface area contributed by atoms with Crippen LogP contribution in [-0.4, -0.2) is 26.9 Å². The summed E-state index contributed by atoms with van der Waals surface area (Å²) >= 11 is 0. The van der Waals surface area contributed by atoms with Crippen LogP contribution < -0.4 is 5.32 Å². The molecule has 7 heteroatoms. The SMILES string of the molecule is CC1(C)Nc2c(cc(-c3cccc4cncn34)c3c2CCC3)C(C)(CCC(F)(F)F)C1=O. The monoisotopic (exact) mass is 441 g/mol. The smallest absolute Gasteiger partial charge is 0.373 e. The summed E-state index contributed by atoms with van der Waals surface area (Å²) in [5.41, 5.74) is 4.58. The highest BCUT2D eigenvalue weighted by atomic mass is 19.4. The van der Waals surface area contributed by atoms with E-state index in [1.807, 2.05) is 28.7 Å². The third kappa shape index (κ3) is 3.12. The lowest BCUT2D eigenvalue weighted by atomic mass is 9.65. The number of hydrogen-bond donors (Lipinski definition) is 1. The number of benzene rings is 1. The Morgan fingerprint density at radius 2 is 1.91 bits per heavy atom. The van der Waals surface area contributed by atoms with E-state index >= 15 is 0 Å². The van der Waals surface area contributed by atoms with E-state index in [0.717, 1.165) is 47.3 Å². The number of ketones is 1. The minimum atomic E-state index is -4.32. The van der Waals surface area contributed by atoms with Crippen molar-refractivity contribution in [3.05, 3.63) is 53.5 Å². The van der Waals surface area contributed by atoms with Crippen LogP contribution in [-0.2, 0) is 23.1 Å². The van der Waals surface area contributed by atoms with E-state index in [1.165, 1.54) is 5.56 Å². The maximum absolute atomic E-state index is 13.5. The minimum Gasteiger partial charge on any atom is -0.373 e. The van der Waals surface area contributed by atoms with E-state index in [1.54, 1.807) is 33.3 Å². The predicted octanol–water partition coefficient (Wildman–Crippen LogP) is 5.86. The molecular formula is C25H26F3N3O. The number of Topliss-reactive ketones (excluding diaryl/α,β-unsaturated/α-hetero) is 1. The molecular weight excluding hydrogens is 415 g/mol. The Labute approximate surface area is 184 Å². The van der Waals surface area contributed by atoms with Crippen molar-refractivity contribution < 1.29 is 18.0 Å². The normalized spacial score (nSPS) is 22.0. The number of carbonyl (C=O) groups is 1. The van der Waals surface area contributed by atoms with Crippen LogP contribution in [0, 0.1) is 0 Å². The van der Waals surface area contributed by atoms with Crippen LogP contribution in [0.3, 0.4) is 0 Å². The molecule has 4 nitrogen and oxygen atoms in total. The molecule has 0 bridgehead atoms. The molecule has 168 valence electrons. The lowest BCUT2D eigenvalue weighted by molar-refractivity contribution is -0.143. The number of nitrogens with one attached hydrogen (secondary N) is 1. The van der Waals surface area contributed by atoms with Gasteiger partial charge in [0.1, 0.15) is 0 Å². The van der Waals surface area contributed by atoms with E-state index < -0.39 is 23.6 Å². The van der Waals surface area contributed by atoms with Gasteiger partial charge in [-0.1, -0.05) is 6.07 Å². The molecule has 0 amide bonds. The maximum Gasteiger partial charge on any atom is 0.389 e. The summed E-state index contributed by atoms with van der Waals surface area (Å²) in [6.07, 6.45) is 0.685. The Morgan fingerprint density at radius 1 is 1.16 bits per heavy atom. The number of alkyl halides is 3. The zero-order valence-corrected chi connectivity index (χ0v) is 18.4. The first-order valence-electron chi connectivity index (χ1n) is 11.0. The molecule has 0 spiro atoms. The predicted molar refractivity (Wildman–Crippen MR) is 118 cm³/mol. The zero-order valence-electron chi connectivity index (χ0n) is 18.4. The Balaban J connectivity index is 1.77. The molecule has 1 unspecified atom stereocenters. The second kappa shape index (κ2) is 6.83. The van der Waals surface area contributed by atoms with Crippen molar-refractivity contribution in [3.8, 4) is 11.3 Å². The van der Waals surface area contributed by atoms with Crippen LogP contribution in [0.15, 0.2) is 36.8 Å². The standard InChI is InChI=1S/C25H26F3N3O/c1-23(2)22(32)24(3,10-11-25(26,27)28)19-12-18(16-7-5-8-17(16)21(19)30-23)20-9-4-6-15-13-29-14-31(15)20/h4,6,9,12-14,30H,5,7-8,10-11H2,1-3H3. The van der Waals surface area contributed by atoms with Gasteiger partial charge >= 0.3 is 6.18 Å². The fraction of sp³-hybridized carbons (Fsp3) is 0.440. The Hall–Kier alpha value is -2.83. The molecule has 3 heterocycles. The van der Waals surface area contributed by atoms with Gasteiger partial charge in [-0.2, -0.15) is 13.2 Å². The number of imidazole rings is 1. The van der Waals surface area contributed by atoms with Crippen molar-refractivity contribution in [1.29, 1.82) is 0 Å². The summed E-state index contributed by atoms with van der Waals surface area (Å²) in [4.78, 5) is 17.8. The van der Waals surface area contributed by atoms with Crippen molar-refractivity contribution in [2.75, 3.05) is 5.32 Å². The summed E-state index contributed by atoms with van der Waals surface area (Å²) in [6.45, 7) is 5.22. The lowest BCUT2D eigenvalue weighted by Gasteiger charge is -2.45. The van der Waals surface area contributed by atoms with Crippen molar-refractivity contribution in [3.63, 3.8) is 0 Å². The number of anilines is 1. The molecule has 1 aliphatic carbocycles. The van der Waals surface area contributed by atoms with Crippen LogP contribution in [0.2, 0.25) is 0 Å². The highest BCUT2D eigenvalue weighted by molar-refractivity contribution is 6.04. The molecule has 3 aromatic rings. The highest BCUT2D eigenvalue weighted by Gasteiger charge is 2.51. The fourth-order valence-electron chi connectivity index (χ4n) is 5.58. The summed E-state index contributed by atoms with van der Waals surface area (Å²) in [5.74, 6) is -0.202.